The van der Waals surface area contributed by atoms with E-state index < -0.39 is 0 Å². The fraction of sp³-hybridized carbons (Fsp3) is 0.0400. The van der Waals surface area contributed by atoms with E-state index >= 15 is 0 Å². The number of aryl methyl sites for hydroxylation is 1. The fourth-order valence-electron chi connectivity index (χ4n) is 8.36. The van der Waals surface area contributed by atoms with Crippen LogP contribution in [0.5, 0.6) is 0 Å². The van der Waals surface area contributed by atoms with Crippen molar-refractivity contribution in [1.29, 1.82) is 0 Å². The molecule has 0 saturated carbocycles. The number of hydrogen-bond acceptors (Lipinski definition) is 5. The molecule has 264 valence electrons. The van der Waals surface area contributed by atoms with Gasteiger partial charge in [0.25, 0.3) is 0 Å². The van der Waals surface area contributed by atoms with Crippen LogP contribution in [-0.4, -0.2) is 24.5 Å². The molecule has 56 heavy (non-hydrogen) atoms. The van der Waals surface area contributed by atoms with Crippen LogP contribution >= 0.6 is 0 Å². The van der Waals surface area contributed by atoms with Crippen molar-refractivity contribution in [3.63, 3.8) is 0 Å². The van der Waals surface area contributed by atoms with Crippen LogP contribution in [0.2, 0.25) is 0 Å². The van der Waals surface area contributed by atoms with E-state index in [0.29, 0.717) is 17.5 Å². The fourth-order valence-corrected chi connectivity index (χ4v) is 8.36. The van der Waals surface area contributed by atoms with Gasteiger partial charge in [0, 0.05) is 39.6 Å². The maximum absolute atomic E-state index is 6.56. The van der Waals surface area contributed by atoms with Gasteiger partial charge in [0.15, 0.2) is 17.5 Å². The first kappa shape index (κ1) is 32.0. The summed E-state index contributed by atoms with van der Waals surface area (Å²) in [6.45, 7) is 3.00. The van der Waals surface area contributed by atoms with Gasteiger partial charge in [-0.05, 0) is 69.9 Å². The van der Waals surface area contributed by atoms with Gasteiger partial charge < -0.3 is 8.98 Å². The summed E-state index contributed by atoms with van der Waals surface area (Å²) in [4.78, 5) is 20.4. The molecule has 6 nitrogen and oxygen atoms in total. The van der Waals surface area contributed by atoms with Crippen LogP contribution in [0, 0.1) is 0 Å². The molecule has 0 radical (unpaired) electrons. The van der Waals surface area contributed by atoms with E-state index in [1.165, 1.54) is 16.3 Å². The highest BCUT2D eigenvalue weighted by molar-refractivity contribution is 6.22. The van der Waals surface area contributed by atoms with Crippen LogP contribution in [0.3, 0.4) is 0 Å². The summed E-state index contributed by atoms with van der Waals surface area (Å²) in [7, 11) is 0. The number of furan rings is 1. The first-order chi connectivity index (χ1) is 27.7. The summed E-state index contributed by atoms with van der Waals surface area (Å²) in [6.07, 6.45) is 0. The highest BCUT2D eigenvalue weighted by Gasteiger charge is 2.23. The molecule has 0 unspecified atom stereocenters. The lowest BCUT2D eigenvalue weighted by Gasteiger charge is -2.18. The molecule has 0 spiro atoms. The van der Waals surface area contributed by atoms with Crippen molar-refractivity contribution in [1.82, 2.24) is 24.5 Å². The first-order valence-electron chi connectivity index (χ1n) is 19.0. The van der Waals surface area contributed by atoms with E-state index in [4.69, 9.17) is 24.4 Å². The summed E-state index contributed by atoms with van der Waals surface area (Å²) in [6, 6.07) is 58.7. The lowest BCUT2D eigenvalue weighted by Crippen LogP contribution is -2.00. The molecule has 0 aliphatic carbocycles. The number of nitrogens with zero attached hydrogens (tertiary/aromatic N) is 5. The van der Waals surface area contributed by atoms with Crippen LogP contribution in [0.4, 0.5) is 0 Å². The minimum Gasteiger partial charge on any atom is -0.456 e. The Bertz CT molecular complexity index is 3180. The number of imidazole rings is 1. The summed E-state index contributed by atoms with van der Waals surface area (Å²) in [5.41, 5.74) is 9.88. The van der Waals surface area contributed by atoms with Crippen LogP contribution in [0.1, 0.15) is 6.92 Å². The summed E-state index contributed by atoms with van der Waals surface area (Å²) < 4.78 is 8.89. The largest absolute Gasteiger partial charge is 0.456 e. The molecule has 0 amide bonds. The van der Waals surface area contributed by atoms with Crippen molar-refractivity contribution in [3.8, 4) is 56.7 Å². The first-order valence-corrected chi connectivity index (χ1v) is 19.0. The van der Waals surface area contributed by atoms with Crippen molar-refractivity contribution in [2.45, 2.75) is 13.5 Å². The summed E-state index contributed by atoms with van der Waals surface area (Å²) >= 11 is 0. The maximum atomic E-state index is 6.56. The number of rotatable bonds is 6. The lowest BCUT2D eigenvalue weighted by molar-refractivity contribution is 0.669. The predicted molar refractivity (Wildman–Crippen MR) is 228 cm³/mol. The van der Waals surface area contributed by atoms with E-state index in [-0.39, 0.29) is 0 Å². The molecule has 3 aromatic heterocycles. The van der Waals surface area contributed by atoms with Crippen molar-refractivity contribution in [2.24, 2.45) is 0 Å². The Morgan fingerprint density at radius 1 is 0.446 bits per heavy atom. The Balaban J connectivity index is 1.16. The minimum atomic E-state index is 0.593. The van der Waals surface area contributed by atoms with Crippen molar-refractivity contribution < 1.29 is 4.42 Å². The van der Waals surface area contributed by atoms with Crippen molar-refractivity contribution in [3.05, 3.63) is 170 Å². The molecule has 0 aliphatic rings. The molecular formula is C50H33N5O. The molecule has 0 atom stereocenters. The predicted octanol–water partition coefficient (Wildman–Crippen LogP) is 12.8. The highest BCUT2D eigenvalue weighted by atomic mass is 16.3. The van der Waals surface area contributed by atoms with Gasteiger partial charge in [-0.2, -0.15) is 0 Å². The Labute approximate surface area is 322 Å². The monoisotopic (exact) mass is 719 g/mol. The molecule has 6 heteroatoms. The minimum absolute atomic E-state index is 0.593. The van der Waals surface area contributed by atoms with Gasteiger partial charge in [-0.3, -0.25) is 0 Å². The molecule has 11 aromatic rings. The maximum Gasteiger partial charge on any atom is 0.164 e. The molecule has 0 N–H and O–H groups in total. The van der Waals surface area contributed by atoms with Crippen LogP contribution in [-0.2, 0) is 6.54 Å². The standard InChI is InChI=1S/C50H33N5O/c1-2-55-41-26-14-13-25-40(41)51-50(55)46-36-22-11-9-20-34(36)44(35-21-10-12-23-37(35)46)33-28-29-42-39(30-33)45-38(24-15-27-43(45)56-42)49-53-47(31-16-5-3-6-17-31)52-48(54-49)32-18-7-4-8-19-32/h3-30H,2H2,1H3. The summed E-state index contributed by atoms with van der Waals surface area (Å²) in [5.74, 6) is 2.82. The van der Waals surface area contributed by atoms with Crippen LogP contribution < -0.4 is 0 Å². The normalized spacial score (nSPS) is 11.7. The average molecular weight is 720 g/mol. The average Bonchev–Trinajstić information content (AvgIpc) is 3.84. The second-order valence-electron chi connectivity index (χ2n) is 14.0. The molecule has 8 aromatic carbocycles. The van der Waals surface area contributed by atoms with Gasteiger partial charge in [0.2, 0.25) is 0 Å². The van der Waals surface area contributed by atoms with Gasteiger partial charge in [-0.25, -0.2) is 19.9 Å². The number of fused-ring (bicyclic) bond motifs is 6. The number of benzene rings is 8. The number of aromatic nitrogens is 5. The van der Waals surface area contributed by atoms with Gasteiger partial charge in [-0.1, -0.05) is 140 Å². The number of para-hydroxylation sites is 2. The third-order valence-corrected chi connectivity index (χ3v) is 10.8. The molecule has 0 saturated heterocycles. The van der Waals surface area contributed by atoms with Crippen LogP contribution in [0.25, 0.3) is 111 Å². The Morgan fingerprint density at radius 2 is 1.02 bits per heavy atom. The lowest BCUT2D eigenvalue weighted by atomic mass is 9.87. The zero-order valence-electron chi connectivity index (χ0n) is 30.5. The smallest absolute Gasteiger partial charge is 0.164 e. The molecular weight excluding hydrogens is 687 g/mol. The van der Waals surface area contributed by atoms with E-state index in [1.807, 2.05) is 72.8 Å². The van der Waals surface area contributed by atoms with Crippen LogP contribution in [0.15, 0.2) is 174 Å². The van der Waals surface area contributed by atoms with Gasteiger partial charge in [0.05, 0.1) is 11.0 Å². The molecule has 3 heterocycles. The zero-order valence-corrected chi connectivity index (χ0v) is 30.5. The highest BCUT2D eigenvalue weighted by Crippen LogP contribution is 2.46. The molecule has 11 rings (SSSR count). The quantitative estimate of drug-likeness (QED) is 0.160. The third-order valence-electron chi connectivity index (χ3n) is 10.8. The topological polar surface area (TPSA) is 69.6 Å². The van der Waals surface area contributed by atoms with E-state index in [0.717, 1.165) is 83.9 Å². The van der Waals surface area contributed by atoms with Crippen molar-refractivity contribution >= 4 is 54.5 Å². The Hall–Kier alpha value is -7.44. The summed E-state index contributed by atoms with van der Waals surface area (Å²) in [5, 5.41) is 6.63. The van der Waals surface area contributed by atoms with Crippen molar-refractivity contribution in [2.75, 3.05) is 0 Å². The SMILES string of the molecule is CCn1c(-c2c3ccccc3c(-c3ccc4oc5cccc(-c6nc(-c7ccccc7)nc(-c7ccccc7)n6)c5c4c3)c3ccccc23)nc2ccccc21. The Morgan fingerprint density at radius 3 is 1.66 bits per heavy atom. The van der Waals surface area contributed by atoms with E-state index in [9.17, 15) is 0 Å². The van der Waals surface area contributed by atoms with Gasteiger partial charge in [0.1, 0.15) is 17.0 Å². The zero-order chi connectivity index (χ0) is 37.2. The van der Waals surface area contributed by atoms with E-state index in [1.54, 1.807) is 0 Å². The van der Waals surface area contributed by atoms with Gasteiger partial charge >= 0.3 is 0 Å². The number of hydrogen-bond donors (Lipinski definition) is 0. The van der Waals surface area contributed by atoms with Gasteiger partial charge in [-0.15, -0.1) is 0 Å². The Kier molecular flexibility index (Phi) is 7.35. The second kappa shape index (κ2) is 12.9. The molecule has 0 fully saturated rings. The molecule has 0 bridgehead atoms. The third kappa shape index (κ3) is 5.03. The molecule has 0 aliphatic heterocycles. The van der Waals surface area contributed by atoms with E-state index in [2.05, 4.69) is 109 Å². The second-order valence-corrected chi connectivity index (χ2v) is 14.0.